The molecule has 0 bridgehead atoms. The molecule has 5 aromatic rings. The maximum Gasteiger partial charge on any atom is 0.263 e. The first-order valence-corrected chi connectivity index (χ1v) is 18.6. The first-order valence-electron chi connectivity index (χ1n) is 17.6. The number of benzene rings is 3. The van der Waals surface area contributed by atoms with E-state index in [1.807, 2.05) is 22.8 Å². The van der Waals surface area contributed by atoms with Crippen LogP contribution in [0.5, 0.6) is 0 Å². The van der Waals surface area contributed by atoms with Gasteiger partial charge in [-0.1, -0.05) is 110 Å². The van der Waals surface area contributed by atoms with E-state index in [0.29, 0.717) is 16.7 Å². The van der Waals surface area contributed by atoms with Crippen molar-refractivity contribution >= 4 is 11.8 Å². The third-order valence-electron chi connectivity index (χ3n) is 11.7. The third-order valence-corrected chi connectivity index (χ3v) is 12.6. The zero-order chi connectivity index (χ0) is 32.5. The zero-order valence-corrected chi connectivity index (χ0v) is 28.3. The molecule has 4 aliphatic carbocycles. The molecule has 242 valence electrons. The van der Waals surface area contributed by atoms with Gasteiger partial charge in [0, 0.05) is 22.0 Å². The van der Waals surface area contributed by atoms with Gasteiger partial charge in [0.15, 0.2) is 5.16 Å². The van der Waals surface area contributed by atoms with Gasteiger partial charge in [0.25, 0.3) is 11.1 Å². The van der Waals surface area contributed by atoms with Gasteiger partial charge in [0.1, 0.15) is 5.82 Å². The minimum Gasteiger partial charge on any atom is -0.310 e. The highest BCUT2D eigenvalue weighted by molar-refractivity contribution is 7.98. The molecule has 0 radical (unpaired) electrons. The lowest BCUT2D eigenvalue weighted by atomic mass is 9.62. The third kappa shape index (κ3) is 4.68. The van der Waals surface area contributed by atoms with E-state index in [1.165, 1.54) is 29.3 Å². The summed E-state index contributed by atoms with van der Waals surface area (Å²) in [7, 11) is 0. The van der Waals surface area contributed by atoms with Crippen LogP contribution in [0.3, 0.4) is 0 Å². The molecule has 0 amide bonds. The summed E-state index contributed by atoms with van der Waals surface area (Å²) in [6, 6.07) is 25.1. The second-order valence-corrected chi connectivity index (χ2v) is 15.6. The van der Waals surface area contributed by atoms with Crippen LogP contribution in [-0.4, -0.2) is 19.5 Å². The fourth-order valence-corrected chi connectivity index (χ4v) is 10.3. The van der Waals surface area contributed by atoms with Gasteiger partial charge in [-0.25, -0.2) is 9.97 Å². The van der Waals surface area contributed by atoms with Crippen LogP contribution in [0.4, 0.5) is 0 Å². The lowest BCUT2D eigenvalue weighted by molar-refractivity contribution is 0.283. The van der Waals surface area contributed by atoms with E-state index in [1.54, 1.807) is 0 Å². The average Bonchev–Trinajstić information content (AvgIpc) is 3.56. The summed E-state index contributed by atoms with van der Waals surface area (Å²) in [5, 5.41) is 0.623. The Morgan fingerprint density at radius 3 is 1.92 bits per heavy atom. The smallest absolute Gasteiger partial charge is 0.263 e. The summed E-state index contributed by atoms with van der Waals surface area (Å²) >= 11 is 1.48. The van der Waals surface area contributed by atoms with Crippen molar-refractivity contribution in [2.45, 2.75) is 99.3 Å². The normalized spacial score (nSPS) is 18.3. The van der Waals surface area contributed by atoms with E-state index < -0.39 is 0 Å². The largest absolute Gasteiger partial charge is 0.310 e. The van der Waals surface area contributed by atoms with E-state index in [0.717, 1.165) is 109 Å². The second-order valence-electron chi connectivity index (χ2n) is 14.6. The molecule has 3 aromatic carbocycles. The number of aromatic nitrogens is 4. The van der Waals surface area contributed by atoms with Crippen molar-refractivity contribution in [1.29, 1.82) is 0 Å². The van der Waals surface area contributed by atoms with Gasteiger partial charge >= 0.3 is 0 Å². The van der Waals surface area contributed by atoms with Crippen molar-refractivity contribution in [3.63, 3.8) is 0 Å². The molecule has 6 nitrogen and oxygen atoms in total. The van der Waals surface area contributed by atoms with Gasteiger partial charge < -0.3 is 4.98 Å². The van der Waals surface area contributed by atoms with Crippen LogP contribution in [0, 0.1) is 6.92 Å². The molecule has 2 spiro atoms. The molecule has 2 saturated carbocycles. The summed E-state index contributed by atoms with van der Waals surface area (Å²) in [6.45, 7) is 2.06. The van der Waals surface area contributed by atoms with Crippen molar-refractivity contribution in [2.24, 2.45) is 0 Å². The molecule has 1 N–H and O–H groups in total. The number of rotatable bonds is 4. The number of aryl methyl sites for hydroxylation is 1. The van der Waals surface area contributed by atoms with Crippen LogP contribution in [0.15, 0.2) is 87.5 Å². The molecule has 9 rings (SSSR count). The minimum absolute atomic E-state index is 0.0190. The Morgan fingerprint density at radius 2 is 1.27 bits per heavy atom. The van der Waals surface area contributed by atoms with Crippen LogP contribution in [-0.2, 0) is 29.4 Å². The first kappa shape index (κ1) is 29.9. The van der Waals surface area contributed by atoms with Crippen LogP contribution in [0.25, 0.3) is 28.2 Å². The minimum atomic E-state index is -0.198. The Hall–Kier alpha value is -4.23. The molecule has 0 atom stereocenters. The number of hydrogen-bond acceptors (Lipinski definition) is 5. The highest BCUT2D eigenvalue weighted by Gasteiger charge is 2.45. The quantitative estimate of drug-likeness (QED) is 0.156. The monoisotopic (exact) mass is 652 g/mol. The van der Waals surface area contributed by atoms with Crippen molar-refractivity contribution < 1.29 is 0 Å². The number of H-pyrrole nitrogens is 1. The predicted molar refractivity (Wildman–Crippen MR) is 192 cm³/mol. The maximum absolute atomic E-state index is 15.0. The van der Waals surface area contributed by atoms with E-state index >= 15 is 0 Å². The Balaban J connectivity index is 1.19. The van der Waals surface area contributed by atoms with Crippen LogP contribution in [0.1, 0.15) is 91.4 Å². The summed E-state index contributed by atoms with van der Waals surface area (Å²) < 4.78 is 1.83. The van der Waals surface area contributed by atoms with Gasteiger partial charge in [0.05, 0.1) is 34.0 Å². The average molecular weight is 653 g/mol. The zero-order valence-electron chi connectivity index (χ0n) is 27.5. The molecule has 2 fully saturated rings. The van der Waals surface area contributed by atoms with E-state index in [9.17, 15) is 9.59 Å². The highest BCUT2D eigenvalue weighted by Crippen LogP contribution is 2.51. The maximum atomic E-state index is 15.0. The summed E-state index contributed by atoms with van der Waals surface area (Å²) in [6.07, 6.45) is 11.6. The van der Waals surface area contributed by atoms with E-state index in [-0.39, 0.29) is 21.9 Å². The molecule has 4 aliphatic rings. The van der Waals surface area contributed by atoms with Gasteiger partial charge in [-0.2, -0.15) is 0 Å². The van der Waals surface area contributed by atoms with Gasteiger partial charge in [-0.15, -0.1) is 0 Å². The number of thioether (sulfide) groups is 1. The van der Waals surface area contributed by atoms with Crippen LogP contribution >= 0.6 is 11.8 Å². The lowest BCUT2D eigenvalue weighted by Crippen LogP contribution is -2.42. The predicted octanol–water partition coefficient (Wildman–Crippen LogP) is 8.38. The number of aromatic amines is 1. The summed E-state index contributed by atoms with van der Waals surface area (Å²) in [5.41, 5.74) is 9.75. The SMILES string of the molecule is Cc1ccc(-n2c(SCc3nc4c(c(=O)[nH]3)C3(CCCC3)Cc3ccccc3-4)nc3c(c2=O)C2(CCCCC2)Cc2ccccc2-3)cc1. The number of nitrogens with one attached hydrogen (secondary N) is 1. The van der Waals surface area contributed by atoms with Crippen molar-refractivity contribution in [3.8, 4) is 28.2 Å². The lowest BCUT2D eigenvalue weighted by Gasteiger charge is -2.42. The standard InChI is InChI=1S/C41H40N4O2S/c1-26-15-17-29(18-16-26)45-38(47)34-36(31-14-6-4-12-28(31)24-41(34)19-7-2-8-20-41)44-39(45)48-25-32-42-35-30-13-5-3-11-27(30)23-40(21-9-10-22-40)33(35)37(46)43-32/h3-6,11-18H,2,7-10,19-25H2,1H3,(H,42,43,46). The number of fused-ring (bicyclic) bond motifs is 8. The van der Waals surface area contributed by atoms with Crippen molar-refractivity contribution in [2.75, 3.05) is 0 Å². The first-order chi connectivity index (χ1) is 23.4. The molecule has 0 unspecified atom stereocenters. The van der Waals surface area contributed by atoms with Gasteiger partial charge in [0.2, 0.25) is 0 Å². The van der Waals surface area contributed by atoms with Crippen molar-refractivity contribution in [1.82, 2.24) is 19.5 Å². The highest BCUT2D eigenvalue weighted by atomic mass is 32.2. The summed E-state index contributed by atoms with van der Waals surface area (Å²) in [5.74, 6) is 1.00. The molecular formula is C41H40N4O2S. The number of hydrogen-bond donors (Lipinski definition) is 1. The second kappa shape index (κ2) is 11.4. The molecule has 7 heteroatoms. The van der Waals surface area contributed by atoms with Crippen LogP contribution in [0.2, 0.25) is 0 Å². The Bertz CT molecular complexity index is 2190. The molecular weight excluding hydrogens is 613 g/mol. The molecule has 0 saturated heterocycles. The number of nitrogens with zero attached hydrogens (tertiary/aromatic N) is 3. The Kier molecular flexibility index (Phi) is 7.12. The fourth-order valence-electron chi connectivity index (χ4n) is 9.45. The Morgan fingerprint density at radius 1 is 0.708 bits per heavy atom. The fraction of sp³-hybridized carbons (Fsp3) is 0.366. The Labute approximate surface area is 285 Å². The van der Waals surface area contributed by atoms with E-state index in [4.69, 9.17) is 9.97 Å². The molecule has 2 heterocycles. The van der Waals surface area contributed by atoms with Crippen molar-refractivity contribution in [3.05, 3.63) is 127 Å². The topological polar surface area (TPSA) is 80.6 Å². The van der Waals surface area contributed by atoms with Gasteiger partial charge in [-0.05, 0) is 68.7 Å². The van der Waals surface area contributed by atoms with Crippen LogP contribution < -0.4 is 11.1 Å². The molecule has 48 heavy (non-hydrogen) atoms. The summed E-state index contributed by atoms with van der Waals surface area (Å²) in [4.78, 5) is 42.7. The van der Waals surface area contributed by atoms with E-state index in [2.05, 4.69) is 66.5 Å². The molecule has 2 aromatic heterocycles. The van der Waals surface area contributed by atoms with Gasteiger partial charge in [-0.3, -0.25) is 14.2 Å². The molecule has 0 aliphatic heterocycles.